The number of hydrogen-bond acceptors (Lipinski definition) is 3. The van der Waals surface area contributed by atoms with Crippen molar-refractivity contribution in [3.63, 3.8) is 0 Å². The van der Waals surface area contributed by atoms with E-state index < -0.39 is 14.2 Å². The number of hydrogen-bond donors (Lipinski definition) is 2. The average molecular weight is 292 g/mol. The van der Waals surface area contributed by atoms with Gasteiger partial charge in [0.05, 0.1) is 12.7 Å². The van der Waals surface area contributed by atoms with Gasteiger partial charge < -0.3 is 14.9 Å². The van der Waals surface area contributed by atoms with Crippen molar-refractivity contribution in [2.75, 3.05) is 13.7 Å². The first-order valence-corrected chi connectivity index (χ1v) is 10.4. The van der Waals surface area contributed by atoms with E-state index in [9.17, 15) is 5.11 Å². The Hall–Kier alpha value is -1.04. The van der Waals surface area contributed by atoms with E-state index in [2.05, 4.69) is 42.9 Å². The average Bonchev–Trinajstić information content (AvgIpc) is 2.78. The van der Waals surface area contributed by atoms with E-state index in [4.69, 9.17) is 9.84 Å². The highest BCUT2D eigenvalue weighted by molar-refractivity contribution is 6.83. The molecule has 1 rings (SSSR count). The minimum absolute atomic E-state index is 0.0469. The molecule has 110 valence electrons. The van der Waals surface area contributed by atoms with Crippen LogP contribution in [0.15, 0.2) is 11.1 Å². The van der Waals surface area contributed by atoms with Gasteiger partial charge in [0.25, 0.3) is 0 Å². The van der Waals surface area contributed by atoms with E-state index in [1.807, 2.05) is 0 Å². The van der Waals surface area contributed by atoms with Crippen LogP contribution in [0.25, 0.3) is 0 Å². The summed E-state index contributed by atoms with van der Waals surface area (Å²) < 4.78 is 5.41. The monoisotopic (exact) mass is 292 g/mol. The second kappa shape index (κ2) is 7.66. The van der Waals surface area contributed by atoms with Gasteiger partial charge in [0, 0.05) is 19.1 Å². The predicted octanol–water partition coefficient (Wildman–Crippen LogP) is 1.72. The van der Waals surface area contributed by atoms with Gasteiger partial charge in [-0.25, -0.2) is 0 Å². The van der Waals surface area contributed by atoms with Crippen LogP contribution in [0, 0.1) is 23.3 Å². The lowest BCUT2D eigenvalue weighted by Crippen LogP contribution is -2.18. The minimum Gasteiger partial charge on any atom is -0.395 e. The highest BCUT2D eigenvalue weighted by Gasteiger charge is 2.27. The molecule has 1 aliphatic carbocycles. The van der Waals surface area contributed by atoms with Crippen molar-refractivity contribution in [2.45, 2.75) is 51.1 Å². The molecule has 3 nitrogen and oxygen atoms in total. The lowest BCUT2D eigenvalue weighted by Gasteiger charge is -2.10. The van der Waals surface area contributed by atoms with Crippen LogP contribution >= 0.6 is 0 Å². The predicted molar refractivity (Wildman–Crippen MR) is 83.7 cm³/mol. The van der Waals surface area contributed by atoms with Crippen molar-refractivity contribution >= 4 is 8.07 Å². The first-order chi connectivity index (χ1) is 9.39. The molecular formula is C16H24O3Si. The van der Waals surface area contributed by atoms with Crippen LogP contribution in [0.3, 0.4) is 0 Å². The summed E-state index contributed by atoms with van der Waals surface area (Å²) in [7, 11) is 0.161. The van der Waals surface area contributed by atoms with E-state index in [1.54, 1.807) is 7.11 Å². The zero-order chi connectivity index (χ0) is 15.2. The topological polar surface area (TPSA) is 49.7 Å². The first kappa shape index (κ1) is 17.0. The number of aliphatic hydroxyl groups is 2. The summed E-state index contributed by atoms with van der Waals surface area (Å²) in [5, 5.41) is 19.1. The van der Waals surface area contributed by atoms with Crippen molar-refractivity contribution in [3.05, 3.63) is 11.1 Å². The molecule has 4 heteroatoms. The second-order valence-electron chi connectivity index (χ2n) is 5.90. The summed E-state index contributed by atoms with van der Waals surface area (Å²) in [4.78, 5) is 0. The summed E-state index contributed by atoms with van der Waals surface area (Å²) in [6.07, 6.45) is 1.23. The molecule has 0 aromatic carbocycles. The molecule has 0 spiro atoms. The molecule has 0 saturated carbocycles. The number of rotatable bonds is 3. The molecule has 1 aliphatic rings. The fraction of sp³-hybridized carbons (Fsp3) is 0.625. The highest BCUT2D eigenvalue weighted by Crippen LogP contribution is 2.30. The van der Waals surface area contributed by atoms with Crippen molar-refractivity contribution < 1.29 is 14.9 Å². The summed E-state index contributed by atoms with van der Waals surface area (Å²) in [6.45, 7) is 6.49. The van der Waals surface area contributed by atoms with E-state index in [-0.39, 0.29) is 12.7 Å². The maximum atomic E-state index is 10.3. The van der Waals surface area contributed by atoms with Gasteiger partial charge in [-0.15, -0.1) is 5.54 Å². The largest absolute Gasteiger partial charge is 0.395 e. The van der Waals surface area contributed by atoms with Crippen molar-refractivity contribution in [1.82, 2.24) is 0 Å². The Bertz CT molecular complexity index is 480. The van der Waals surface area contributed by atoms with E-state index in [0.717, 1.165) is 24.0 Å². The Labute approximate surface area is 123 Å². The molecule has 0 heterocycles. The Balaban J connectivity index is 3.00. The van der Waals surface area contributed by atoms with Crippen LogP contribution in [0.5, 0.6) is 0 Å². The van der Waals surface area contributed by atoms with Crippen LogP contribution in [-0.2, 0) is 4.74 Å². The SMILES string of the molecule is COC1CCC([C@@H](O)C#C[Si](C)(C)C)=C1C#CCCO. The molecular weight excluding hydrogens is 268 g/mol. The van der Waals surface area contributed by atoms with Crippen molar-refractivity contribution in [2.24, 2.45) is 0 Å². The van der Waals surface area contributed by atoms with Gasteiger partial charge in [0.1, 0.15) is 14.2 Å². The Kier molecular flexibility index (Phi) is 6.52. The van der Waals surface area contributed by atoms with Crippen LogP contribution < -0.4 is 0 Å². The molecule has 0 amide bonds. The lowest BCUT2D eigenvalue weighted by atomic mass is 10.1. The zero-order valence-electron chi connectivity index (χ0n) is 12.8. The third-order valence-electron chi connectivity index (χ3n) is 3.00. The minimum atomic E-state index is -1.49. The lowest BCUT2D eigenvalue weighted by molar-refractivity contribution is 0.136. The normalized spacial score (nSPS) is 20.0. The third kappa shape index (κ3) is 5.15. The maximum Gasteiger partial charge on any atom is 0.136 e. The smallest absolute Gasteiger partial charge is 0.136 e. The maximum absolute atomic E-state index is 10.3. The molecule has 0 fully saturated rings. The summed E-state index contributed by atoms with van der Waals surface area (Å²) in [6, 6.07) is 0. The summed E-state index contributed by atoms with van der Waals surface area (Å²) in [5.74, 6) is 8.92. The zero-order valence-corrected chi connectivity index (χ0v) is 13.8. The Morgan fingerprint density at radius 2 is 2.10 bits per heavy atom. The van der Waals surface area contributed by atoms with Crippen LogP contribution in [0.2, 0.25) is 19.6 Å². The number of ether oxygens (including phenoxy) is 1. The second-order valence-corrected chi connectivity index (χ2v) is 10.6. The van der Waals surface area contributed by atoms with Gasteiger partial charge >= 0.3 is 0 Å². The molecule has 0 aromatic heterocycles. The van der Waals surface area contributed by atoms with Crippen LogP contribution in [0.4, 0.5) is 0 Å². The molecule has 2 atom stereocenters. The quantitative estimate of drug-likeness (QED) is 0.615. The molecule has 20 heavy (non-hydrogen) atoms. The Morgan fingerprint density at radius 3 is 2.65 bits per heavy atom. The molecule has 1 unspecified atom stereocenters. The fourth-order valence-corrected chi connectivity index (χ4v) is 2.61. The summed E-state index contributed by atoms with van der Waals surface area (Å²) in [5.41, 5.74) is 4.92. The summed E-state index contributed by atoms with van der Waals surface area (Å²) >= 11 is 0. The first-order valence-electron chi connectivity index (χ1n) is 6.95. The molecule has 0 aromatic rings. The van der Waals surface area contributed by atoms with E-state index in [0.29, 0.717) is 6.42 Å². The number of aliphatic hydroxyl groups excluding tert-OH is 2. The molecule has 0 aliphatic heterocycles. The van der Waals surface area contributed by atoms with Gasteiger partial charge in [-0.2, -0.15) is 0 Å². The van der Waals surface area contributed by atoms with E-state index in [1.165, 1.54) is 0 Å². The van der Waals surface area contributed by atoms with Crippen LogP contribution in [-0.4, -0.2) is 44.2 Å². The van der Waals surface area contributed by atoms with Gasteiger partial charge in [0.15, 0.2) is 0 Å². The Morgan fingerprint density at radius 1 is 1.40 bits per heavy atom. The molecule has 2 N–H and O–H groups in total. The van der Waals surface area contributed by atoms with Gasteiger partial charge in [-0.05, 0) is 18.4 Å². The van der Waals surface area contributed by atoms with Gasteiger partial charge in [-0.3, -0.25) is 0 Å². The van der Waals surface area contributed by atoms with Crippen LogP contribution in [0.1, 0.15) is 19.3 Å². The number of methoxy groups -OCH3 is 1. The highest BCUT2D eigenvalue weighted by atomic mass is 28.3. The molecule has 0 radical (unpaired) electrons. The van der Waals surface area contributed by atoms with Gasteiger partial charge in [0.2, 0.25) is 0 Å². The third-order valence-corrected chi connectivity index (χ3v) is 3.90. The van der Waals surface area contributed by atoms with Crippen molar-refractivity contribution in [1.29, 1.82) is 0 Å². The fourth-order valence-electron chi connectivity index (χ4n) is 2.04. The molecule has 0 saturated heterocycles. The van der Waals surface area contributed by atoms with Gasteiger partial charge in [-0.1, -0.05) is 37.4 Å². The van der Waals surface area contributed by atoms with E-state index >= 15 is 0 Å². The standard InChI is InChI=1S/C16H24O3Si/c1-19-16-9-8-13(14(16)7-5-6-11-17)15(18)10-12-20(2,3)4/h15-18H,6,8-9,11H2,1-4H3/t15-,16?/m0/s1. The molecule has 0 bridgehead atoms. The van der Waals surface area contributed by atoms with Crippen molar-refractivity contribution in [3.8, 4) is 23.3 Å².